The Morgan fingerprint density at radius 3 is 2.05 bits per heavy atom. The van der Waals surface area contributed by atoms with Crippen LogP contribution in [0.3, 0.4) is 0 Å². The smallest absolute Gasteiger partial charge is 0.225 e. The highest BCUT2D eigenvalue weighted by Gasteiger charge is 2.21. The van der Waals surface area contributed by atoms with Crippen LogP contribution in [0.2, 0.25) is 0 Å². The summed E-state index contributed by atoms with van der Waals surface area (Å²) in [6.07, 6.45) is 8.37. The van der Waals surface area contributed by atoms with E-state index in [9.17, 15) is 9.59 Å². The Bertz CT molecular complexity index is 274. The average Bonchev–Trinajstić information content (AvgIpc) is 2.50. The lowest BCUT2D eigenvalue weighted by Gasteiger charge is -2.28. The van der Waals surface area contributed by atoms with Crippen LogP contribution in [0.4, 0.5) is 0 Å². The monoisotopic (exact) mass is 315 g/mol. The van der Waals surface area contributed by atoms with E-state index in [1.54, 1.807) is 0 Å². The molecule has 1 amide bonds. The minimum atomic E-state index is -0.161. The first kappa shape index (κ1) is 25.7. The second-order valence-corrected chi connectivity index (χ2v) is 5.26. The van der Waals surface area contributed by atoms with Crippen molar-refractivity contribution < 1.29 is 14.4 Å². The number of carbonyl (C=O) groups is 3. The number of aldehydes is 2. The molecule has 1 aliphatic rings. The molecule has 0 aromatic rings. The third kappa shape index (κ3) is 12.5. The van der Waals surface area contributed by atoms with Gasteiger partial charge in [-0.3, -0.25) is 4.79 Å². The maximum Gasteiger partial charge on any atom is 0.225 e. The number of hydrogen-bond donors (Lipinski definition) is 0. The van der Waals surface area contributed by atoms with Crippen LogP contribution in [-0.4, -0.2) is 37.0 Å². The lowest BCUT2D eigenvalue weighted by atomic mass is 9.89. The molecule has 22 heavy (non-hydrogen) atoms. The molecule has 1 saturated carbocycles. The number of amides is 1. The summed E-state index contributed by atoms with van der Waals surface area (Å²) in [4.78, 5) is 32.9. The zero-order valence-electron chi connectivity index (χ0n) is 14.4. The van der Waals surface area contributed by atoms with Crippen molar-refractivity contribution in [1.82, 2.24) is 4.90 Å². The molecule has 0 saturated heterocycles. The molecule has 0 bridgehead atoms. The van der Waals surface area contributed by atoms with Crippen molar-refractivity contribution in [2.75, 3.05) is 13.6 Å². The molecule has 1 fully saturated rings. The molecule has 0 heterocycles. The van der Waals surface area contributed by atoms with Gasteiger partial charge in [-0.05, 0) is 25.7 Å². The van der Waals surface area contributed by atoms with Crippen LogP contribution in [0.15, 0.2) is 0 Å². The van der Waals surface area contributed by atoms with Gasteiger partial charge in [-0.2, -0.15) is 0 Å². The fraction of sp³-hybridized carbons (Fsp3) is 0.833. The maximum absolute atomic E-state index is 11.9. The van der Waals surface area contributed by atoms with E-state index >= 15 is 0 Å². The maximum atomic E-state index is 11.9. The Hall–Kier alpha value is -1.19. The Kier molecular flexibility index (Phi) is 20.9. The first-order valence-electron chi connectivity index (χ1n) is 8.15. The highest BCUT2D eigenvalue weighted by atomic mass is 16.2. The van der Waals surface area contributed by atoms with Crippen molar-refractivity contribution in [3.8, 4) is 0 Å². The quantitative estimate of drug-likeness (QED) is 0.717. The molecule has 4 nitrogen and oxygen atoms in total. The van der Waals surface area contributed by atoms with Crippen molar-refractivity contribution >= 4 is 18.5 Å². The van der Waals surface area contributed by atoms with Gasteiger partial charge < -0.3 is 14.5 Å². The molecular formula is C18H37NO3. The Morgan fingerprint density at radius 2 is 1.64 bits per heavy atom. The molecule has 1 rings (SSSR count). The van der Waals surface area contributed by atoms with E-state index in [1.807, 2.05) is 32.7 Å². The van der Waals surface area contributed by atoms with E-state index in [0.717, 1.165) is 19.1 Å². The van der Waals surface area contributed by atoms with Crippen LogP contribution < -0.4 is 0 Å². The number of rotatable bonds is 5. The van der Waals surface area contributed by atoms with Crippen molar-refractivity contribution in [3.63, 3.8) is 0 Å². The average molecular weight is 315 g/mol. The third-order valence-electron chi connectivity index (χ3n) is 3.50. The Morgan fingerprint density at radius 1 is 1.18 bits per heavy atom. The summed E-state index contributed by atoms with van der Waals surface area (Å²) in [5.74, 6) is 0.620. The topological polar surface area (TPSA) is 54.5 Å². The van der Waals surface area contributed by atoms with Crippen LogP contribution in [0.1, 0.15) is 73.6 Å². The standard InChI is InChI=1S/C13H23NO2.C2H4O.C2H6.CH4/c1-11(8-9-15)13(16)14(2)10-12-6-4-3-5-7-12;1-2-3;1-2;/h9,11-12H,3-8,10H2,1-2H3;2H,1H3;1-2H3;1H4. The summed E-state index contributed by atoms with van der Waals surface area (Å²) in [7, 11) is 1.86. The predicted molar refractivity (Wildman–Crippen MR) is 93.9 cm³/mol. The van der Waals surface area contributed by atoms with Crippen LogP contribution in [0.5, 0.6) is 0 Å². The van der Waals surface area contributed by atoms with Crippen molar-refractivity contribution in [1.29, 1.82) is 0 Å². The van der Waals surface area contributed by atoms with Crippen molar-refractivity contribution in [3.05, 3.63) is 0 Å². The van der Waals surface area contributed by atoms with Gasteiger partial charge in [0.1, 0.15) is 12.6 Å². The summed E-state index contributed by atoms with van der Waals surface area (Å²) in [6, 6.07) is 0. The first-order chi connectivity index (χ1) is 10.1. The molecular weight excluding hydrogens is 278 g/mol. The molecule has 1 atom stereocenters. The van der Waals surface area contributed by atoms with E-state index in [1.165, 1.54) is 39.0 Å². The fourth-order valence-electron chi connectivity index (χ4n) is 2.47. The minimum absolute atomic E-state index is 0. The zero-order valence-corrected chi connectivity index (χ0v) is 14.4. The van der Waals surface area contributed by atoms with E-state index in [2.05, 4.69) is 0 Å². The minimum Gasteiger partial charge on any atom is -0.345 e. The fourth-order valence-corrected chi connectivity index (χ4v) is 2.47. The molecule has 132 valence electrons. The van der Waals surface area contributed by atoms with Gasteiger partial charge in [0.25, 0.3) is 0 Å². The van der Waals surface area contributed by atoms with Gasteiger partial charge in [0.05, 0.1) is 0 Å². The van der Waals surface area contributed by atoms with Crippen molar-refractivity contribution in [2.45, 2.75) is 73.6 Å². The molecule has 0 radical (unpaired) electrons. The normalized spacial score (nSPS) is 14.8. The van der Waals surface area contributed by atoms with Gasteiger partial charge in [-0.15, -0.1) is 0 Å². The second kappa shape index (κ2) is 17.9. The summed E-state index contributed by atoms with van der Waals surface area (Å²) < 4.78 is 0. The van der Waals surface area contributed by atoms with Gasteiger partial charge in [-0.1, -0.05) is 47.5 Å². The highest BCUT2D eigenvalue weighted by molar-refractivity contribution is 5.80. The summed E-state index contributed by atoms with van der Waals surface area (Å²) in [5.41, 5.74) is 0. The molecule has 0 aromatic heterocycles. The van der Waals surface area contributed by atoms with E-state index < -0.39 is 0 Å². The highest BCUT2D eigenvalue weighted by Crippen LogP contribution is 2.24. The van der Waals surface area contributed by atoms with Crippen LogP contribution in [-0.2, 0) is 14.4 Å². The largest absolute Gasteiger partial charge is 0.345 e. The molecule has 0 N–H and O–H groups in total. The van der Waals surface area contributed by atoms with Gasteiger partial charge >= 0.3 is 0 Å². The van der Waals surface area contributed by atoms with Gasteiger partial charge in [0, 0.05) is 25.9 Å². The Balaban J connectivity index is -0.000000536. The Labute approximate surface area is 137 Å². The predicted octanol–water partition coefficient (Wildman–Crippen LogP) is 4.12. The number of carbonyl (C=O) groups excluding carboxylic acids is 3. The SMILES string of the molecule is C.CC.CC(CC=O)C(=O)N(C)CC1CCCCC1.CC=O. The summed E-state index contributed by atoms with van der Waals surface area (Å²) >= 11 is 0. The summed E-state index contributed by atoms with van der Waals surface area (Å²) in [5, 5.41) is 0. The van der Waals surface area contributed by atoms with Crippen LogP contribution >= 0.6 is 0 Å². The van der Waals surface area contributed by atoms with E-state index in [4.69, 9.17) is 4.79 Å². The number of nitrogens with zero attached hydrogens (tertiary/aromatic N) is 1. The van der Waals surface area contributed by atoms with Gasteiger partial charge in [-0.25, -0.2) is 0 Å². The summed E-state index contributed by atoms with van der Waals surface area (Å²) in [6.45, 7) is 8.14. The third-order valence-corrected chi connectivity index (χ3v) is 3.50. The van der Waals surface area contributed by atoms with Crippen LogP contribution in [0.25, 0.3) is 0 Å². The second-order valence-electron chi connectivity index (χ2n) is 5.26. The van der Waals surface area contributed by atoms with Gasteiger partial charge in [0.2, 0.25) is 5.91 Å². The molecule has 1 unspecified atom stereocenters. The lowest BCUT2D eigenvalue weighted by Crippen LogP contribution is -2.36. The molecule has 0 aromatic carbocycles. The molecule has 0 spiro atoms. The zero-order chi connectivity index (χ0) is 16.7. The van der Waals surface area contributed by atoms with E-state index in [-0.39, 0.29) is 19.3 Å². The molecule has 4 heteroatoms. The first-order valence-corrected chi connectivity index (χ1v) is 8.15. The molecule has 0 aliphatic heterocycles. The van der Waals surface area contributed by atoms with Crippen molar-refractivity contribution in [2.24, 2.45) is 11.8 Å². The van der Waals surface area contributed by atoms with E-state index in [0.29, 0.717) is 12.3 Å². The molecule has 1 aliphatic carbocycles. The van der Waals surface area contributed by atoms with Gasteiger partial charge in [0.15, 0.2) is 0 Å². The lowest BCUT2D eigenvalue weighted by molar-refractivity contribution is -0.135. The number of hydrogen-bond acceptors (Lipinski definition) is 3. The van der Waals surface area contributed by atoms with Crippen LogP contribution in [0, 0.1) is 11.8 Å².